The maximum atomic E-state index is 5.79. The molecule has 2 N–H and O–H groups in total. The Balaban J connectivity index is 1.83. The van der Waals surface area contributed by atoms with Crippen LogP contribution in [0.1, 0.15) is 40.5 Å². The molecular weight excluding hydrogens is 204 g/mol. The van der Waals surface area contributed by atoms with E-state index in [0.717, 1.165) is 26.1 Å². The van der Waals surface area contributed by atoms with E-state index in [1.165, 1.54) is 0 Å². The van der Waals surface area contributed by atoms with Crippen molar-refractivity contribution >= 4 is 0 Å². The average Bonchev–Trinajstić information content (AvgIpc) is 2.70. The number of ether oxygens (including phenoxy) is 2. The van der Waals surface area contributed by atoms with E-state index in [0.29, 0.717) is 12.1 Å². The number of hydrogen-bond donors (Lipinski definition) is 2. The SMILES string of the molecule is CC1COC(C)(CCC2(C)NC(C)CO2)N1. The summed E-state index contributed by atoms with van der Waals surface area (Å²) in [6, 6.07) is 0.906. The van der Waals surface area contributed by atoms with Crippen molar-refractivity contribution in [3.8, 4) is 0 Å². The Kier molecular flexibility index (Phi) is 3.27. The van der Waals surface area contributed by atoms with Crippen LogP contribution in [-0.4, -0.2) is 36.7 Å². The third-order valence-electron chi connectivity index (χ3n) is 3.49. The molecule has 2 fully saturated rings. The molecule has 0 bridgehead atoms. The van der Waals surface area contributed by atoms with Crippen LogP contribution in [0.15, 0.2) is 0 Å². The summed E-state index contributed by atoms with van der Waals surface area (Å²) in [6.07, 6.45) is 1.93. The minimum absolute atomic E-state index is 0.181. The van der Waals surface area contributed by atoms with Gasteiger partial charge in [-0.3, -0.25) is 10.6 Å². The second-order valence-corrected chi connectivity index (χ2v) is 5.67. The lowest BCUT2D eigenvalue weighted by atomic mass is 10.0. The van der Waals surface area contributed by atoms with Crippen LogP contribution in [0.25, 0.3) is 0 Å². The zero-order chi connectivity index (χ0) is 11.8. The molecule has 16 heavy (non-hydrogen) atoms. The molecule has 4 atom stereocenters. The van der Waals surface area contributed by atoms with Crippen LogP contribution >= 0.6 is 0 Å². The highest BCUT2D eigenvalue weighted by atomic mass is 16.5. The number of nitrogens with one attached hydrogen (secondary N) is 2. The minimum atomic E-state index is -0.181. The fourth-order valence-corrected chi connectivity index (χ4v) is 2.59. The molecule has 0 aliphatic carbocycles. The Bertz CT molecular complexity index is 235. The third kappa shape index (κ3) is 2.74. The Morgan fingerprint density at radius 3 is 1.56 bits per heavy atom. The largest absolute Gasteiger partial charge is 0.359 e. The van der Waals surface area contributed by atoms with Gasteiger partial charge in [0.2, 0.25) is 0 Å². The predicted octanol–water partition coefficient (Wildman–Crippen LogP) is 1.22. The molecule has 0 saturated carbocycles. The van der Waals surface area contributed by atoms with E-state index in [1.807, 2.05) is 0 Å². The van der Waals surface area contributed by atoms with Gasteiger partial charge in [0, 0.05) is 12.1 Å². The minimum Gasteiger partial charge on any atom is -0.359 e. The molecule has 2 aliphatic rings. The van der Waals surface area contributed by atoms with E-state index in [2.05, 4.69) is 38.3 Å². The van der Waals surface area contributed by atoms with Crippen LogP contribution in [0.4, 0.5) is 0 Å². The maximum Gasteiger partial charge on any atom is 0.116 e. The zero-order valence-corrected chi connectivity index (χ0v) is 10.8. The summed E-state index contributed by atoms with van der Waals surface area (Å²) >= 11 is 0. The molecule has 2 heterocycles. The first-order valence-corrected chi connectivity index (χ1v) is 6.24. The van der Waals surface area contributed by atoms with Gasteiger partial charge >= 0.3 is 0 Å². The Hall–Kier alpha value is -0.160. The molecule has 0 aromatic heterocycles. The molecule has 0 amide bonds. The molecule has 2 saturated heterocycles. The van der Waals surface area contributed by atoms with Gasteiger partial charge in [-0.1, -0.05) is 0 Å². The summed E-state index contributed by atoms with van der Waals surface area (Å²) < 4.78 is 11.6. The van der Waals surface area contributed by atoms with Gasteiger partial charge in [-0.05, 0) is 40.5 Å². The van der Waals surface area contributed by atoms with Crippen LogP contribution in [0, 0.1) is 0 Å². The first kappa shape index (κ1) is 12.3. The van der Waals surface area contributed by atoms with Gasteiger partial charge in [0.25, 0.3) is 0 Å². The molecule has 4 heteroatoms. The Morgan fingerprint density at radius 2 is 1.31 bits per heavy atom. The molecule has 4 unspecified atom stereocenters. The second-order valence-electron chi connectivity index (χ2n) is 5.67. The lowest BCUT2D eigenvalue weighted by Crippen LogP contribution is -2.46. The van der Waals surface area contributed by atoms with E-state index >= 15 is 0 Å². The van der Waals surface area contributed by atoms with Crippen LogP contribution in [-0.2, 0) is 9.47 Å². The quantitative estimate of drug-likeness (QED) is 0.762. The molecule has 0 radical (unpaired) electrons. The molecule has 2 rings (SSSR count). The molecule has 0 aromatic carbocycles. The van der Waals surface area contributed by atoms with Crippen LogP contribution < -0.4 is 10.6 Å². The molecular formula is C12H24N2O2. The first-order chi connectivity index (χ1) is 7.41. The van der Waals surface area contributed by atoms with E-state index in [9.17, 15) is 0 Å². The molecule has 4 nitrogen and oxygen atoms in total. The normalized spacial score (nSPS) is 48.8. The molecule has 94 valence electrons. The summed E-state index contributed by atoms with van der Waals surface area (Å²) in [6.45, 7) is 10.2. The standard InChI is InChI=1S/C12H24N2O2/c1-9-7-15-11(3,13-9)5-6-12(4)14-10(2)8-16-12/h9-10,13-14H,5-8H2,1-4H3. The fraction of sp³-hybridized carbons (Fsp3) is 1.00. The van der Waals surface area contributed by atoms with Crippen LogP contribution in [0.3, 0.4) is 0 Å². The summed E-state index contributed by atoms with van der Waals surface area (Å²) in [5.74, 6) is 0. The van der Waals surface area contributed by atoms with Gasteiger partial charge in [0.1, 0.15) is 11.4 Å². The highest BCUT2D eigenvalue weighted by Crippen LogP contribution is 2.28. The van der Waals surface area contributed by atoms with Gasteiger partial charge in [-0.15, -0.1) is 0 Å². The lowest BCUT2D eigenvalue weighted by Gasteiger charge is -2.30. The van der Waals surface area contributed by atoms with Crippen molar-refractivity contribution in [1.82, 2.24) is 10.6 Å². The van der Waals surface area contributed by atoms with Crippen molar-refractivity contribution in [1.29, 1.82) is 0 Å². The molecule has 0 aromatic rings. The van der Waals surface area contributed by atoms with E-state index in [4.69, 9.17) is 9.47 Å². The summed E-state index contributed by atoms with van der Waals surface area (Å²) in [5.41, 5.74) is -0.363. The predicted molar refractivity (Wildman–Crippen MR) is 63.1 cm³/mol. The maximum absolute atomic E-state index is 5.79. The van der Waals surface area contributed by atoms with Crippen molar-refractivity contribution in [3.63, 3.8) is 0 Å². The topological polar surface area (TPSA) is 42.5 Å². The third-order valence-corrected chi connectivity index (χ3v) is 3.49. The van der Waals surface area contributed by atoms with Gasteiger partial charge in [0.05, 0.1) is 13.2 Å². The Labute approximate surface area is 98.1 Å². The highest BCUT2D eigenvalue weighted by molar-refractivity contribution is 4.89. The van der Waals surface area contributed by atoms with Crippen molar-refractivity contribution in [2.75, 3.05) is 13.2 Å². The van der Waals surface area contributed by atoms with Crippen molar-refractivity contribution < 1.29 is 9.47 Å². The monoisotopic (exact) mass is 228 g/mol. The van der Waals surface area contributed by atoms with Gasteiger partial charge < -0.3 is 9.47 Å². The van der Waals surface area contributed by atoms with Crippen molar-refractivity contribution in [2.45, 2.75) is 64.1 Å². The molecule has 2 aliphatic heterocycles. The van der Waals surface area contributed by atoms with Gasteiger partial charge in [-0.25, -0.2) is 0 Å². The van der Waals surface area contributed by atoms with Crippen molar-refractivity contribution in [2.24, 2.45) is 0 Å². The number of rotatable bonds is 3. The van der Waals surface area contributed by atoms with E-state index < -0.39 is 0 Å². The zero-order valence-electron chi connectivity index (χ0n) is 10.8. The van der Waals surface area contributed by atoms with E-state index in [1.54, 1.807) is 0 Å². The van der Waals surface area contributed by atoms with Crippen molar-refractivity contribution in [3.05, 3.63) is 0 Å². The Morgan fingerprint density at radius 1 is 0.938 bits per heavy atom. The van der Waals surface area contributed by atoms with Gasteiger partial charge in [-0.2, -0.15) is 0 Å². The summed E-state index contributed by atoms with van der Waals surface area (Å²) in [4.78, 5) is 0. The summed E-state index contributed by atoms with van der Waals surface area (Å²) in [5, 5.41) is 6.95. The van der Waals surface area contributed by atoms with E-state index in [-0.39, 0.29) is 11.4 Å². The summed E-state index contributed by atoms with van der Waals surface area (Å²) in [7, 11) is 0. The highest BCUT2D eigenvalue weighted by Gasteiger charge is 2.38. The average molecular weight is 228 g/mol. The van der Waals surface area contributed by atoms with Crippen LogP contribution in [0.5, 0.6) is 0 Å². The lowest BCUT2D eigenvalue weighted by molar-refractivity contribution is -0.0462. The molecule has 0 spiro atoms. The number of hydrogen-bond acceptors (Lipinski definition) is 4. The fourth-order valence-electron chi connectivity index (χ4n) is 2.59. The van der Waals surface area contributed by atoms with Gasteiger partial charge in [0.15, 0.2) is 0 Å². The second kappa shape index (κ2) is 4.26. The first-order valence-electron chi connectivity index (χ1n) is 6.24. The van der Waals surface area contributed by atoms with Crippen LogP contribution in [0.2, 0.25) is 0 Å². The smallest absolute Gasteiger partial charge is 0.116 e.